The van der Waals surface area contributed by atoms with Crippen LogP contribution in [0.2, 0.25) is 0 Å². The van der Waals surface area contributed by atoms with Gasteiger partial charge in [0.15, 0.2) is 5.82 Å². The smallest absolute Gasteiger partial charge is 0.408 e. The monoisotopic (exact) mass is 559 g/mol. The van der Waals surface area contributed by atoms with E-state index in [4.69, 9.17) is 9.47 Å². The highest BCUT2D eigenvalue weighted by Crippen LogP contribution is 2.35. The average Bonchev–Trinajstić information content (AvgIpc) is 2.93. The molecule has 1 atom stereocenters. The summed E-state index contributed by atoms with van der Waals surface area (Å²) in [5.74, 6) is -2.69. The first-order chi connectivity index (χ1) is 19.6. The number of carbonyl (C=O) groups is 2. The van der Waals surface area contributed by atoms with Crippen molar-refractivity contribution in [2.75, 3.05) is 12.4 Å². The van der Waals surface area contributed by atoms with E-state index in [1.54, 1.807) is 20.8 Å². The summed E-state index contributed by atoms with van der Waals surface area (Å²) >= 11 is 0. The number of alkyl carbamates (subject to hydrolysis) is 1. The molecule has 2 N–H and O–H groups in total. The fraction of sp³-hybridized carbons (Fsp3) is 0.219. The van der Waals surface area contributed by atoms with Gasteiger partial charge in [-0.25, -0.2) is 13.6 Å². The van der Waals surface area contributed by atoms with E-state index in [1.165, 1.54) is 25.4 Å². The molecule has 212 valence electrons. The summed E-state index contributed by atoms with van der Waals surface area (Å²) in [5.41, 5.74) is 0.710. The van der Waals surface area contributed by atoms with Crippen molar-refractivity contribution in [3.8, 4) is 16.9 Å². The van der Waals surface area contributed by atoms with Gasteiger partial charge < -0.3 is 20.1 Å². The minimum atomic E-state index is -1.14. The molecule has 0 bridgehead atoms. The van der Waals surface area contributed by atoms with Gasteiger partial charge in [0.25, 0.3) is 0 Å². The molecule has 9 heteroatoms. The number of methoxy groups -OCH3 is 1. The predicted octanol–water partition coefficient (Wildman–Crippen LogP) is 6.70. The van der Waals surface area contributed by atoms with Crippen molar-refractivity contribution >= 4 is 17.7 Å². The number of carbonyl (C=O) groups excluding carboxylic acids is 2. The van der Waals surface area contributed by atoms with Crippen LogP contribution in [0.1, 0.15) is 37.8 Å². The number of nitrogens with one attached hydrogen (secondary N) is 2. The Morgan fingerprint density at radius 2 is 1.46 bits per heavy atom. The standard InChI is InChI=1S/C32H31F2N3O4/c1-32(2,3)41-31(39)37-29(27(20-11-7-5-8-12-20)21-13-9-6-10-14-21)30(38)36-22-15-16-23(24(33)17-22)28-25(34)18-35-19-26(28)40-4/h5-19,27,29H,1-4H3,(H,36,38)(H,37,39)/t29-/m0/s1. The molecule has 2 amide bonds. The molecule has 0 aliphatic heterocycles. The topological polar surface area (TPSA) is 89.5 Å². The average molecular weight is 560 g/mol. The van der Waals surface area contributed by atoms with Crippen molar-refractivity contribution in [1.29, 1.82) is 0 Å². The molecule has 0 spiro atoms. The second-order valence-corrected chi connectivity index (χ2v) is 10.3. The predicted molar refractivity (Wildman–Crippen MR) is 153 cm³/mol. The molecule has 41 heavy (non-hydrogen) atoms. The summed E-state index contributed by atoms with van der Waals surface area (Å²) in [6, 6.07) is 21.2. The first kappa shape index (κ1) is 29.2. The van der Waals surface area contributed by atoms with E-state index in [0.717, 1.165) is 23.4 Å². The number of ether oxygens (including phenoxy) is 2. The van der Waals surface area contributed by atoms with Crippen LogP contribution in [-0.4, -0.2) is 35.7 Å². The largest absolute Gasteiger partial charge is 0.494 e. The SMILES string of the molecule is COc1cncc(F)c1-c1ccc(NC(=O)[C@@H](NC(=O)OC(C)(C)C)C(c2ccccc2)c2ccccc2)cc1F. The van der Waals surface area contributed by atoms with Crippen molar-refractivity contribution in [3.05, 3.63) is 114 Å². The third-order valence-corrected chi connectivity index (χ3v) is 6.20. The molecule has 3 aromatic carbocycles. The minimum absolute atomic E-state index is 0.0605. The number of rotatable bonds is 8. The highest BCUT2D eigenvalue weighted by molar-refractivity contribution is 5.98. The number of amides is 2. The summed E-state index contributed by atoms with van der Waals surface area (Å²) in [4.78, 5) is 30.5. The summed E-state index contributed by atoms with van der Waals surface area (Å²) in [5, 5.41) is 5.43. The Kier molecular flexibility index (Phi) is 8.97. The van der Waals surface area contributed by atoms with Crippen LogP contribution < -0.4 is 15.4 Å². The number of aromatic nitrogens is 1. The number of anilines is 1. The van der Waals surface area contributed by atoms with Crippen molar-refractivity contribution in [1.82, 2.24) is 10.3 Å². The quantitative estimate of drug-likeness (QED) is 0.251. The van der Waals surface area contributed by atoms with Crippen molar-refractivity contribution < 1.29 is 27.8 Å². The van der Waals surface area contributed by atoms with Crippen LogP contribution >= 0.6 is 0 Å². The molecule has 0 aliphatic carbocycles. The Balaban J connectivity index is 1.71. The summed E-state index contributed by atoms with van der Waals surface area (Å²) < 4.78 is 40.4. The van der Waals surface area contributed by atoms with Crippen molar-refractivity contribution in [3.63, 3.8) is 0 Å². The number of pyridine rings is 1. The fourth-order valence-corrected chi connectivity index (χ4v) is 4.48. The lowest BCUT2D eigenvalue weighted by atomic mass is 9.84. The molecular weight excluding hydrogens is 528 g/mol. The molecule has 1 aromatic heterocycles. The molecule has 1 heterocycles. The van der Waals surface area contributed by atoms with Crippen LogP contribution in [0.25, 0.3) is 11.1 Å². The molecule has 0 radical (unpaired) electrons. The molecule has 0 unspecified atom stereocenters. The van der Waals surface area contributed by atoms with E-state index >= 15 is 4.39 Å². The first-order valence-electron chi connectivity index (χ1n) is 12.9. The van der Waals surface area contributed by atoms with E-state index in [1.807, 2.05) is 60.7 Å². The summed E-state index contributed by atoms with van der Waals surface area (Å²) in [6.07, 6.45) is 1.47. The normalized spacial score (nSPS) is 12.0. The maximum Gasteiger partial charge on any atom is 0.408 e. The molecule has 0 aliphatic rings. The molecule has 4 aromatic rings. The number of halogens is 2. The summed E-state index contributed by atoms with van der Waals surface area (Å²) in [6.45, 7) is 5.16. The maximum absolute atomic E-state index is 15.3. The second kappa shape index (κ2) is 12.6. The Morgan fingerprint density at radius 3 is 2.00 bits per heavy atom. The lowest BCUT2D eigenvalue weighted by Gasteiger charge is -2.29. The van der Waals surface area contributed by atoms with Gasteiger partial charge >= 0.3 is 6.09 Å². The van der Waals surface area contributed by atoms with Crippen LogP contribution in [0.15, 0.2) is 91.3 Å². The van der Waals surface area contributed by atoms with Gasteiger partial charge in [0.2, 0.25) is 5.91 Å². The van der Waals surface area contributed by atoms with Crippen LogP contribution in [0.5, 0.6) is 5.75 Å². The van der Waals surface area contributed by atoms with Gasteiger partial charge in [0.05, 0.1) is 25.1 Å². The zero-order chi connectivity index (χ0) is 29.6. The van der Waals surface area contributed by atoms with E-state index in [9.17, 15) is 14.0 Å². The number of hydrogen-bond acceptors (Lipinski definition) is 5. The van der Waals surface area contributed by atoms with Gasteiger partial charge in [0.1, 0.15) is 23.2 Å². The molecule has 0 saturated carbocycles. The van der Waals surface area contributed by atoms with E-state index in [0.29, 0.717) is 0 Å². The Bertz CT molecular complexity index is 1470. The van der Waals surface area contributed by atoms with Gasteiger partial charge in [-0.1, -0.05) is 60.7 Å². The van der Waals surface area contributed by atoms with Gasteiger partial charge in [0, 0.05) is 17.2 Å². The fourth-order valence-electron chi connectivity index (χ4n) is 4.48. The number of hydrogen-bond donors (Lipinski definition) is 2. The van der Waals surface area contributed by atoms with E-state index < -0.39 is 41.2 Å². The third kappa shape index (κ3) is 7.25. The van der Waals surface area contributed by atoms with E-state index in [2.05, 4.69) is 15.6 Å². The lowest BCUT2D eigenvalue weighted by Crippen LogP contribution is -2.49. The van der Waals surface area contributed by atoms with Crippen LogP contribution in [0.4, 0.5) is 19.3 Å². The lowest BCUT2D eigenvalue weighted by molar-refractivity contribution is -0.118. The van der Waals surface area contributed by atoms with Gasteiger partial charge in [-0.05, 0) is 50.1 Å². The Hall–Kier alpha value is -4.79. The van der Waals surface area contributed by atoms with Gasteiger partial charge in [-0.15, -0.1) is 0 Å². The zero-order valence-corrected chi connectivity index (χ0v) is 23.2. The number of benzene rings is 3. The molecule has 7 nitrogen and oxygen atoms in total. The molecule has 0 saturated heterocycles. The van der Waals surface area contributed by atoms with E-state index in [-0.39, 0.29) is 22.6 Å². The molecular formula is C32H31F2N3O4. The van der Waals surface area contributed by atoms with Crippen molar-refractivity contribution in [2.24, 2.45) is 0 Å². The number of nitrogens with zero attached hydrogens (tertiary/aromatic N) is 1. The second-order valence-electron chi connectivity index (χ2n) is 10.3. The van der Waals surface area contributed by atoms with Crippen LogP contribution in [0.3, 0.4) is 0 Å². The molecule has 4 rings (SSSR count). The van der Waals surface area contributed by atoms with Crippen molar-refractivity contribution in [2.45, 2.75) is 38.3 Å². The Morgan fingerprint density at radius 1 is 0.854 bits per heavy atom. The van der Waals surface area contributed by atoms with Gasteiger partial charge in [-0.3, -0.25) is 9.78 Å². The zero-order valence-electron chi connectivity index (χ0n) is 23.2. The molecule has 0 fully saturated rings. The van der Waals surface area contributed by atoms with Crippen LogP contribution in [-0.2, 0) is 9.53 Å². The first-order valence-corrected chi connectivity index (χ1v) is 12.9. The minimum Gasteiger partial charge on any atom is -0.494 e. The third-order valence-electron chi connectivity index (χ3n) is 6.20. The maximum atomic E-state index is 15.3. The highest BCUT2D eigenvalue weighted by Gasteiger charge is 2.34. The van der Waals surface area contributed by atoms with Gasteiger partial charge in [-0.2, -0.15) is 0 Å². The summed E-state index contributed by atoms with van der Waals surface area (Å²) in [7, 11) is 1.33. The Labute approximate surface area is 237 Å². The van der Waals surface area contributed by atoms with Crippen LogP contribution in [0, 0.1) is 11.6 Å². The highest BCUT2D eigenvalue weighted by atomic mass is 19.1.